The Morgan fingerprint density at radius 1 is 0.222 bits per heavy atom. The standard InChI is InChI=1S/C66H128O6/c1-4-7-10-13-16-19-21-23-25-27-28-29-30-31-32-33-34-35-36-37-38-39-40-42-43-45-47-50-53-56-59-65(68)71-62-63(61-70-64(67)58-55-52-49-18-15-12-9-6-3)72-66(69)60-57-54-51-48-46-44-41-26-24-22-20-17-14-11-8-5-2/h63H,4-62H2,1-3H3. The van der Waals surface area contributed by atoms with Crippen LogP contribution in [-0.4, -0.2) is 37.2 Å². The molecular formula is C66H128O6. The molecule has 1 atom stereocenters. The van der Waals surface area contributed by atoms with Gasteiger partial charge in [0.25, 0.3) is 0 Å². The number of unbranched alkanes of at least 4 members (excludes halogenated alkanes) is 51. The average Bonchev–Trinajstić information content (AvgIpc) is 3.38. The van der Waals surface area contributed by atoms with Crippen LogP contribution in [0.3, 0.4) is 0 Å². The maximum atomic E-state index is 12.8. The zero-order valence-corrected chi connectivity index (χ0v) is 49.2. The van der Waals surface area contributed by atoms with E-state index in [0.29, 0.717) is 19.3 Å². The summed E-state index contributed by atoms with van der Waals surface area (Å²) in [7, 11) is 0. The lowest BCUT2D eigenvalue weighted by Gasteiger charge is -2.18. The van der Waals surface area contributed by atoms with Gasteiger partial charge in [-0.05, 0) is 19.3 Å². The summed E-state index contributed by atoms with van der Waals surface area (Å²) >= 11 is 0. The Balaban J connectivity index is 3.98. The van der Waals surface area contributed by atoms with E-state index in [1.807, 2.05) is 0 Å². The Morgan fingerprint density at radius 3 is 0.556 bits per heavy atom. The van der Waals surface area contributed by atoms with Gasteiger partial charge >= 0.3 is 17.9 Å². The fraction of sp³-hybridized carbons (Fsp3) is 0.955. The van der Waals surface area contributed by atoms with E-state index in [-0.39, 0.29) is 31.1 Å². The molecule has 0 fully saturated rings. The molecule has 428 valence electrons. The van der Waals surface area contributed by atoms with Gasteiger partial charge in [0.15, 0.2) is 6.10 Å². The molecule has 0 aliphatic heterocycles. The van der Waals surface area contributed by atoms with Crippen molar-refractivity contribution in [3.63, 3.8) is 0 Å². The topological polar surface area (TPSA) is 78.9 Å². The number of carbonyl (C=O) groups is 3. The van der Waals surface area contributed by atoms with Gasteiger partial charge in [0.2, 0.25) is 0 Å². The van der Waals surface area contributed by atoms with Gasteiger partial charge in [-0.15, -0.1) is 0 Å². The summed E-state index contributed by atoms with van der Waals surface area (Å²) in [4.78, 5) is 38.1. The second-order valence-electron chi connectivity index (χ2n) is 22.8. The van der Waals surface area contributed by atoms with Crippen LogP contribution in [0, 0.1) is 0 Å². The highest BCUT2D eigenvalue weighted by Gasteiger charge is 2.19. The van der Waals surface area contributed by atoms with E-state index in [0.717, 1.165) is 57.8 Å². The van der Waals surface area contributed by atoms with Gasteiger partial charge in [0, 0.05) is 19.3 Å². The Labute approximate surface area is 450 Å². The van der Waals surface area contributed by atoms with Crippen LogP contribution in [0.1, 0.15) is 387 Å². The molecule has 72 heavy (non-hydrogen) atoms. The van der Waals surface area contributed by atoms with E-state index in [9.17, 15) is 14.4 Å². The smallest absolute Gasteiger partial charge is 0.306 e. The first-order valence-electron chi connectivity index (χ1n) is 33.0. The van der Waals surface area contributed by atoms with Crippen LogP contribution in [0.5, 0.6) is 0 Å². The quantitative estimate of drug-likeness (QED) is 0.0343. The summed E-state index contributed by atoms with van der Waals surface area (Å²) < 4.78 is 16.9. The third kappa shape index (κ3) is 59.3. The van der Waals surface area contributed by atoms with Crippen LogP contribution in [0.25, 0.3) is 0 Å². The first kappa shape index (κ1) is 70.4. The number of hydrogen-bond donors (Lipinski definition) is 0. The molecule has 0 aromatic rings. The van der Waals surface area contributed by atoms with E-state index in [2.05, 4.69) is 20.8 Å². The van der Waals surface area contributed by atoms with Gasteiger partial charge in [-0.25, -0.2) is 0 Å². The number of hydrogen-bond acceptors (Lipinski definition) is 6. The fourth-order valence-electron chi connectivity index (χ4n) is 10.4. The van der Waals surface area contributed by atoms with Crippen LogP contribution < -0.4 is 0 Å². The molecule has 6 heteroatoms. The summed E-state index contributed by atoms with van der Waals surface area (Å²) in [6, 6.07) is 0. The van der Waals surface area contributed by atoms with E-state index < -0.39 is 6.10 Å². The van der Waals surface area contributed by atoms with Crippen LogP contribution in [-0.2, 0) is 28.6 Å². The highest BCUT2D eigenvalue weighted by Crippen LogP contribution is 2.19. The Kier molecular flexibility index (Phi) is 60.6. The molecule has 0 aliphatic carbocycles. The molecule has 0 aromatic heterocycles. The van der Waals surface area contributed by atoms with Crippen molar-refractivity contribution in [2.75, 3.05) is 13.2 Å². The molecular weight excluding hydrogens is 889 g/mol. The third-order valence-electron chi connectivity index (χ3n) is 15.4. The molecule has 0 spiro atoms. The van der Waals surface area contributed by atoms with Gasteiger partial charge < -0.3 is 14.2 Å². The molecule has 0 aromatic carbocycles. The van der Waals surface area contributed by atoms with Gasteiger partial charge in [-0.3, -0.25) is 14.4 Å². The van der Waals surface area contributed by atoms with Crippen LogP contribution in [0.15, 0.2) is 0 Å². The normalized spacial score (nSPS) is 11.9. The van der Waals surface area contributed by atoms with Gasteiger partial charge in [0.05, 0.1) is 0 Å². The van der Waals surface area contributed by atoms with E-state index in [1.54, 1.807) is 0 Å². The first-order chi connectivity index (χ1) is 35.5. The maximum Gasteiger partial charge on any atom is 0.306 e. The second-order valence-corrected chi connectivity index (χ2v) is 22.8. The van der Waals surface area contributed by atoms with Gasteiger partial charge in [-0.1, -0.05) is 348 Å². The van der Waals surface area contributed by atoms with Crippen LogP contribution in [0.2, 0.25) is 0 Å². The summed E-state index contributed by atoms with van der Waals surface area (Å²) in [6.45, 7) is 6.69. The summed E-state index contributed by atoms with van der Waals surface area (Å²) in [6.07, 6.45) is 71.5. The fourth-order valence-corrected chi connectivity index (χ4v) is 10.4. The molecule has 0 aliphatic rings. The number of ether oxygens (including phenoxy) is 3. The third-order valence-corrected chi connectivity index (χ3v) is 15.4. The Bertz CT molecular complexity index is 1080. The van der Waals surface area contributed by atoms with Crippen LogP contribution >= 0.6 is 0 Å². The lowest BCUT2D eigenvalue weighted by Crippen LogP contribution is -2.30. The molecule has 0 radical (unpaired) electrons. The van der Waals surface area contributed by atoms with Crippen molar-refractivity contribution in [2.24, 2.45) is 0 Å². The largest absolute Gasteiger partial charge is 0.462 e. The molecule has 0 heterocycles. The first-order valence-corrected chi connectivity index (χ1v) is 33.0. The zero-order chi connectivity index (χ0) is 52.2. The molecule has 0 amide bonds. The van der Waals surface area contributed by atoms with Crippen molar-refractivity contribution < 1.29 is 28.6 Å². The van der Waals surface area contributed by atoms with Gasteiger partial charge in [-0.2, -0.15) is 0 Å². The zero-order valence-electron chi connectivity index (χ0n) is 49.2. The Morgan fingerprint density at radius 2 is 0.375 bits per heavy atom. The molecule has 1 unspecified atom stereocenters. The van der Waals surface area contributed by atoms with Crippen molar-refractivity contribution >= 4 is 17.9 Å². The minimum atomic E-state index is -0.761. The average molecular weight is 1020 g/mol. The van der Waals surface area contributed by atoms with Crippen LogP contribution in [0.4, 0.5) is 0 Å². The van der Waals surface area contributed by atoms with E-state index in [1.165, 1.54) is 289 Å². The molecule has 0 N–H and O–H groups in total. The summed E-state index contributed by atoms with van der Waals surface area (Å²) in [5, 5.41) is 0. The lowest BCUT2D eigenvalue weighted by atomic mass is 10.0. The second kappa shape index (κ2) is 62.0. The Hall–Kier alpha value is -1.59. The van der Waals surface area contributed by atoms with Crippen molar-refractivity contribution in [3.05, 3.63) is 0 Å². The molecule has 0 saturated heterocycles. The SMILES string of the molecule is CCCCCCCCCCCCCCCCCCCCCCCCCCCCCCCCC(=O)OCC(COC(=O)CCCCCCCCCC)OC(=O)CCCCCCCCCCCCCCCCCC. The minimum absolute atomic E-state index is 0.0613. The summed E-state index contributed by atoms with van der Waals surface area (Å²) in [5.41, 5.74) is 0. The maximum absolute atomic E-state index is 12.8. The van der Waals surface area contributed by atoms with Crippen molar-refractivity contribution in [1.82, 2.24) is 0 Å². The number of esters is 3. The van der Waals surface area contributed by atoms with Crippen molar-refractivity contribution in [2.45, 2.75) is 393 Å². The predicted molar refractivity (Wildman–Crippen MR) is 312 cm³/mol. The molecule has 6 nitrogen and oxygen atoms in total. The lowest BCUT2D eigenvalue weighted by molar-refractivity contribution is -0.167. The minimum Gasteiger partial charge on any atom is -0.462 e. The molecule has 0 saturated carbocycles. The predicted octanol–water partition coefficient (Wildman–Crippen LogP) is 22.3. The van der Waals surface area contributed by atoms with Crippen molar-refractivity contribution in [3.8, 4) is 0 Å². The van der Waals surface area contributed by atoms with E-state index in [4.69, 9.17) is 14.2 Å². The van der Waals surface area contributed by atoms with Gasteiger partial charge in [0.1, 0.15) is 13.2 Å². The van der Waals surface area contributed by atoms with Crippen molar-refractivity contribution in [1.29, 1.82) is 0 Å². The molecule has 0 rings (SSSR count). The highest BCUT2D eigenvalue weighted by atomic mass is 16.6. The van der Waals surface area contributed by atoms with E-state index >= 15 is 0 Å². The number of carbonyl (C=O) groups excluding carboxylic acids is 3. The number of rotatable bonds is 62. The molecule has 0 bridgehead atoms. The summed E-state index contributed by atoms with van der Waals surface area (Å²) in [5.74, 6) is -0.835. The highest BCUT2D eigenvalue weighted by molar-refractivity contribution is 5.71. The monoisotopic (exact) mass is 1020 g/mol.